The number of hydrogen-bond acceptors (Lipinski definition) is 16. The maximum Gasteiger partial charge on any atom is 0.343 e. The third-order valence-electron chi connectivity index (χ3n) is 15.7. The molecule has 0 bridgehead atoms. The van der Waals surface area contributed by atoms with Gasteiger partial charge < -0.3 is 28.4 Å². The monoisotopic (exact) mass is 1260 g/mol. The molecule has 0 heterocycles. The van der Waals surface area contributed by atoms with Gasteiger partial charge >= 0.3 is 11.9 Å². The molecular weight excluding hydrogens is 1160 g/mol. The summed E-state index contributed by atoms with van der Waals surface area (Å²) in [5, 5.41) is 39.8. The highest BCUT2D eigenvalue weighted by molar-refractivity contribution is 5.92. The summed E-state index contributed by atoms with van der Waals surface area (Å²) in [5.74, 6) is 1.12. The lowest BCUT2D eigenvalue weighted by atomic mass is 10.0. The molecule has 0 saturated carbocycles. The second kappa shape index (κ2) is 44.0. The molecule has 0 fully saturated rings. The molecule has 0 atom stereocenters. The number of benzene rings is 6. The fourth-order valence-corrected chi connectivity index (χ4v) is 10.3. The van der Waals surface area contributed by atoms with Crippen molar-refractivity contribution in [3.63, 3.8) is 0 Å². The van der Waals surface area contributed by atoms with E-state index in [0.717, 1.165) is 25.7 Å². The Hall–Kier alpha value is -8.54. The first-order valence-corrected chi connectivity index (χ1v) is 33.8. The summed E-state index contributed by atoms with van der Waals surface area (Å²) >= 11 is 0. The maximum absolute atomic E-state index is 13.4. The number of ether oxygens (including phenoxy) is 6. The van der Waals surface area contributed by atoms with E-state index in [2.05, 4.69) is 34.3 Å². The Morgan fingerprint density at radius 2 is 0.598 bits per heavy atom. The minimum Gasteiger partial charge on any atom is -0.494 e. The van der Waals surface area contributed by atoms with Gasteiger partial charge in [-0.25, -0.2) is 9.59 Å². The summed E-state index contributed by atoms with van der Waals surface area (Å²) in [6, 6.07) is 34.4. The normalized spacial score (nSPS) is 11.3. The van der Waals surface area contributed by atoms with Gasteiger partial charge in [0.25, 0.3) is 11.4 Å². The van der Waals surface area contributed by atoms with E-state index in [9.17, 15) is 29.8 Å². The lowest BCUT2D eigenvalue weighted by Crippen LogP contribution is -2.09. The average molecular weight is 1260 g/mol. The number of carbonyl (C=O) groups is 2. The van der Waals surface area contributed by atoms with Crippen molar-refractivity contribution in [2.45, 2.75) is 206 Å². The summed E-state index contributed by atoms with van der Waals surface area (Å²) < 4.78 is 36.0. The molecule has 0 N–H and O–H groups in total. The molecule has 0 aliphatic rings. The highest BCUT2D eigenvalue weighted by Crippen LogP contribution is 2.36. The zero-order chi connectivity index (χ0) is 65.1. The van der Waals surface area contributed by atoms with E-state index in [4.69, 9.17) is 28.4 Å². The van der Waals surface area contributed by atoms with Crippen molar-refractivity contribution in [1.82, 2.24) is 0 Å². The number of azo groups is 2. The fraction of sp³-hybridized carbons (Fsp3) is 0.486. The zero-order valence-corrected chi connectivity index (χ0v) is 54.3. The Morgan fingerprint density at radius 3 is 0.902 bits per heavy atom. The Bertz CT molecular complexity index is 2930. The molecule has 0 spiro atoms. The Morgan fingerprint density at radius 1 is 0.326 bits per heavy atom. The smallest absolute Gasteiger partial charge is 0.343 e. The molecule has 6 aromatic rings. The molecule has 18 heteroatoms. The highest BCUT2D eigenvalue weighted by Gasteiger charge is 2.16. The van der Waals surface area contributed by atoms with Crippen molar-refractivity contribution >= 4 is 46.1 Å². The van der Waals surface area contributed by atoms with Crippen molar-refractivity contribution in [1.29, 1.82) is 0 Å². The van der Waals surface area contributed by atoms with Crippen LogP contribution in [-0.2, 0) is 0 Å². The predicted molar refractivity (Wildman–Crippen MR) is 362 cm³/mol. The topological polar surface area (TPSA) is 225 Å². The van der Waals surface area contributed by atoms with E-state index in [-0.39, 0.29) is 47.6 Å². The number of esters is 2. The van der Waals surface area contributed by atoms with Gasteiger partial charge in [0.2, 0.25) is 0 Å². The molecule has 0 saturated heterocycles. The molecule has 0 aliphatic heterocycles. The van der Waals surface area contributed by atoms with Crippen LogP contribution in [-0.4, -0.2) is 48.2 Å². The van der Waals surface area contributed by atoms with Crippen molar-refractivity contribution in [2.24, 2.45) is 20.5 Å². The second-order valence-corrected chi connectivity index (χ2v) is 23.3. The largest absolute Gasteiger partial charge is 0.494 e. The molecule has 6 rings (SSSR count). The molecule has 6 aromatic carbocycles. The van der Waals surface area contributed by atoms with Crippen LogP contribution in [0.5, 0.6) is 34.5 Å². The molecule has 0 unspecified atom stereocenters. The van der Waals surface area contributed by atoms with E-state index in [1.807, 2.05) is 0 Å². The van der Waals surface area contributed by atoms with Crippen molar-refractivity contribution in [2.75, 3.05) is 26.4 Å². The summed E-state index contributed by atoms with van der Waals surface area (Å²) in [6.07, 6.45) is 37.0. The van der Waals surface area contributed by atoms with E-state index < -0.39 is 21.8 Å². The maximum atomic E-state index is 13.4. The summed E-state index contributed by atoms with van der Waals surface area (Å²) in [5.41, 5.74) is 1.86. The molecule has 92 heavy (non-hydrogen) atoms. The molecule has 0 amide bonds. The van der Waals surface area contributed by atoms with E-state index in [1.165, 1.54) is 203 Å². The van der Waals surface area contributed by atoms with Crippen LogP contribution in [0.4, 0.5) is 34.1 Å². The van der Waals surface area contributed by atoms with Gasteiger partial charge in [-0.05, 0) is 123 Å². The molecular formula is C74H96N6O12. The van der Waals surface area contributed by atoms with E-state index in [0.29, 0.717) is 71.4 Å². The van der Waals surface area contributed by atoms with Crippen molar-refractivity contribution in [3.8, 4) is 34.5 Å². The first kappa shape index (κ1) is 72.5. The Balaban J connectivity index is 0.985. The van der Waals surface area contributed by atoms with Gasteiger partial charge in [-0.2, -0.15) is 10.2 Å². The van der Waals surface area contributed by atoms with Crippen LogP contribution in [0.15, 0.2) is 154 Å². The van der Waals surface area contributed by atoms with Gasteiger partial charge in [-0.3, -0.25) is 20.2 Å². The molecule has 0 aromatic heterocycles. The summed E-state index contributed by atoms with van der Waals surface area (Å²) in [6.45, 7) is 6.08. The standard InChI is InChI=1S/C74H96N6O12/c1-3-5-7-9-11-13-15-17-19-21-23-25-27-29-53-87-65-45-33-59(34-46-65)73(81)91-67-49-51-69(77-75-61-37-41-63(42-38-61)79(83)84)71(57-67)89-55-31-32-56-90-72-58-68(50-52-70(72)78-76-62-39-43-64(44-40-62)80(85)86)92-74(82)60-35-47-66(48-36-60)88-54-30-28-26-24-22-20-18-16-14-12-10-8-6-4-2/h33-52,57-58H,3-32,53-56H2,1-2H3. The van der Waals surface area contributed by atoms with Gasteiger partial charge in [0, 0.05) is 36.4 Å². The van der Waals surface area contributed by atoms with Gasteiger partial charge in [0.15, 0.2) is 11.5 Å². The van der Waals surface area contributed by atoms with Crippen molar-refractivity contribution in [3.05, 3.63) is 165 Å². The van der Waals surface area contributed by atoms with Crippen LogP contribution in [0.3, 0.4) is 0 Å². The van der Waals surface area contributed by atoms with Crippen LogP contribution in [0.2, 0.25) is 0 Å². The van der Waals surface area contributed by atoms with Crippen molar-refractivity contribution < 1.29 is 47.9 Å². The minimum absolute atomic E-state index is 0.0858. The number of hydrogen-bond donors (Lipinski definition) is 0. The number of nitro groups is 2. The molecule has 0 radical (unpaired) electrons. The predicted octanol–water partition coefficient (Wildman–Crippen LogP) is 22.7. The number of non-ortho nitro benzene ring substituents is 2. The first-order valence-electron chi connectivity index (χ1n) is 33.8. The number of rotatable bonds is 49. The number of nitro benzene ring substituents is 2. The van der Waals surface area contributed by atoms with Gasteiger partial charge in [-0.1, -0.05) is 181 Å². The van der Waals surface area contributed by atoms with Crippen LogP contribution in [0, 0.1) is 20.2 Å². The van der Waals surface area contributed by atoms with Crippen LogP contribution >= 0.6 is 0 Å². The van der Waals surface area contributed by atoms with Crippen LogP contribution in [0.25, 0.3) is 0 Å². The Labute approximate surface area is 544 Å². The van der Waals surface area contributed by atoms with Gasteiger partial charge in [0.05, 0.1) is 58.8 Å². The average Bonchev–Trinajstić information content (AvgIpc) is 1.41. The zero-order valence-electron chi connectivity index (χ0n) is 54.3. The minimum atomic E-state index is -0.581. The van der Waals surface area contributed by atoms with Crippen LogP contribution < -0.4 is 28.4 Å². The molecule has 494 valence electrons. The summed E-state index contributed by atoms with van der Waals surface area (Å²) in [7, 11) is 0. The number of nitrogens with zero attached hydrogens (tertiary/aromatic N) is 6. The third kappa shape index (κ3) is 29.2. The third-order valence-corrected chi connectivity index (χ3v) is 15.7. The molecule has 18 nitrogen and oxygen atoms in total. The summed E-state index contributed by atoms with van der Waals surface area (Å²) in [4.78, 5) is 48.3. The fourth-order valence-electron chi connectivity index (χ4n) is 10.3. The SMILES string of the molecule is CCCCCCCCCCCCCCCCOc1ccc(C(=O)Oc2ccc(N=Nc3ccc([N+](=O)[O-])cc3)c(OCCCCOc3cc(OC(=O)c4ccc(OCCCCCCCCCCCCCCCC)cc4)ccc3N=Nc3ccc([N+](=O)[O-])cc3)c2)cc1. The number of unbranched alkanes of at least 4 members (excludes halogenated alkanes) is 27. The lowest BCUT2D eigenvalue weighted by Gasteiger charge is -2.13. The highest BCUT2D eigenvalue weighted by atomic mass is 16.6. The van der Waals surface area contributed by atoms with Crippen LogP contribution in [0.1, 0.15) is 227 Å². The van der Waals surface area contributed by atoms with E-state index in [1.54, 1.807) is 84.9 Å². The van der Waals surface area contributed by atoms with Gasteiger partial charge in [-0.15, -0.1) is 10.2 Å². The quantitative estimate of drug-likeness (QED) is 0.00868. The molecule has 0 aliphatic carbocycles. The lowest BCUT2D eigenvalue weighted by molar-refractivity contribution is -0.385. The number of carbonyl (C=O) groups excluding carboxylic acids is 2. The Kier molecular flexibility index (Phi) is 34.7. The van der Waals surface area contributed by atoms with E-state index >= 15 is 0 Å². The second-order valence-electron chi connectivity index (χ2n) is 23.3. The first-order chi connectivity index (χ1) is 45.1. The van der Waals surface area contributed by atoms with Gasteiger partial charge in [0.1, 0.15) is 34.4 Å².